The van der Waals surface area contributed by atoms with Crippen LogP contribution in [-0.2, 0) is 15.8 Å². The lowest BCUT2D eigenvalue weighted by molar-refractivity contribution is 0.101. The molecule has 0 aromatic heterocycles. The Balaban J connectivity index is 1.96. The van der Waals surface area contributed by atoms with Crippen LogP contribution in [0.4, 0.5) is 10.1 Å². The van der Waals surface area contributed by atoms with Gasteiger partial charge in [0, 0.05) is 5.56 Å². The van der Waals surface area contributed by atoms with Crippen LogP contribution >= 0.6 is 0 Å². The summed E-state index contributed by atoms with van der Waals surface area (Å²) in [6.45, 7) is 1.82. The zero-order chi connectivity index (χ0) is 17.3. The van der Waals surface area contributed by atoms with Crippen LogP contribution in [0.5, 0.6) is 5.75 Å². The van der Waals surface area contributed by atoms with Gasteiger partial charge >= 0.3 is 0 Å². The summed E-state index contributed by atoms with van der Waals surface area (Å²) in [6, 6.07) is 10.1. The van der Waals surface area contributed by atoms with Gasteiger partial charge in [0.1, 0.15) is 18.2 Å². The van der Waals surface area contributed by atoms with Crippen molar-refractivity contribution < 1.29 is 22.3 Å². The van der Waals surface area contributed by atoms with E-state index in [1.807, 2.05) is 0 Å². The number of hydrogen-bond donors (Lipinski definition) is 0. The lowest BCUT2D eigenvalue weighted by Gasteiger charge is -2.30. The molecule has 0 saturated heterocycles. The number of halogens is 1. The van der Waals surface area contributed by atoms with Crippen molar-refractivity contribution in [3.63, 3.8) is 0 Å². The van der Waals surface area contributed by atoms with Crippen LogP contribution in [0, 0.1) is 5.82 Å². The smallest absolute Gasteiger partial charge is 0.239 e. The van der Waals surface area contributed by atoms with Crippen molar-refractivity contribution in [1.82, 2.24) is 0 Å². The average Bonchev–Trinajstić information content (AvgIpc) is 2.55. The number of carbonyl (C=O) groups excluding carboxylic acids is 1. The predicted octanol–water partition coefficient (Wildman–Crippen LogP) is 2.76. The number of Topliss-reactive ketones (excluding diaryl/α,β-unsaturated/α-hetero) is 1. The molecule has 0 fully saturated rings. The highest BCUT2D eigenvalue weighted by Gasteiger charge is 2.29. The van der Waals surface area contributed by atoms with Gasteiger partial charge in [0.15, 0.2) is 5.78 Å². The molecule has 2 aromatic rings. The minimum Gasteiger partial charge on any atom is -0.489 e. The van der Waals surface area contributed by atoms with Gasteiger partial charge in [-0.25, -0.2) is 12.8 Å². The Kier molecular flexibility index (Phi) is 4.28. The molecule has 5 nitrogen and oxygen atoms in total. The molecule has 0 atom stereocenters. The number of hydrogen-bond acceptors (Lipinski definition) is 4. The van der Waals surface area contributed by atoms with E-state index in [0.29, 0.717) is 22.6 Å². The number of fused-ring (bicyclic) bond motifs is 1. The molecule has 0 unspecified atom stereocenters. The summed E-state index contributed by atoms with van der Waals surface area (Å²) in [6.07, 6.45) is 0. The highest BCUT2D eigenvalue weighted by Crippen LogP contribution is 2.35. The monoisotopic (exact) mass is 349 g/mol. The molecule has 2 aromatic carbocycles. The lowest BCUT2D eigenvalue weighted by atomic mass is 10.1. The van der Waals surface area contributed by atoms with Gasteiger partial charge in [-0.05, 0) is 42.8 Å². The van der Waals surface area contributed by atoms with Crippen LogP contribution in [0.3, 0.4) is 0 Å². The molecule has 3 rings (SSSR count). The van der Waals surface area contributed by atoms with Crippen LogP contribution in [0.1, 0.15) is 22.8 Å². The van der Waals surface area contributed by atoms with Gasteiger partial charge in [-0.2, -0.15) is 0 Å². The van der Waals surface area contributed by atoms with Crippen molar-refractivity contribution in [1.29, 1.82) is 0 Å². The Morgan fingerprint density at radius 2 is 1.92 bits per heavy atom. The molecule has 0 bridgehead atoms. The highest BCUT2D eigenvalue weighted by atomic mass is 32.2. The van der Waals surface area contributed by atoms with Crippen molar-refractivity contribution in [2.45, 2.75) is 12.7 Å². The molecule has 0 radical (unpaired) electrons. The standard InChI is InChI=1S/C17H16FNO4S/c1-12(20)14-4-7-17-16(10-14)19(8-9-23-17)24(21,22)11-13-2-5-15(18)6-3-13/h2-7,10H,8-9,11H2,1H3. The van der Waals surface area contributed by atoms with Crippen LogP contribution < -0.4 is 9.04 Å². The third kappa shape index (κ3) is 3.26. The van der Waals surface area contributed by atoms with Crippen LogP contribution in [0.25, 0.3) is 0 Å². The number of ether oxygens (including phenoxy) is 1. The highest BCUT2D eigenvalue weighted by molar-refractivity contribution is 7.92. The van der Waals surface area contributed by atoms with Gasteiger partial charge in [-0.15, -0.1) is 0 Å². The zero-order valence-corrected chi connectivity index (χ0v) is 13.8. The van der Waals surface area contributed by atoms with Crippen LogP contribution in [0.15, 0.2) is 42.5 Å². The van der Waals surface area contributed by atoms with Crippen LogP contribution in [-0.4, -0.2) is 27.4 Å². The quantitative estimate of drug-likeness (QED) is 0.796. The fourth-order valence-electron chi connectivity index (χ4n) is 2.57. The first-order valence-corrected chi connectivity index (χ1v) is 9.00. The van der Waals surface area contributed by atoms with E-state index in [-0.39, 0.29) is 24.7 Å². The Labute approximate surface area is 139 Å². The molecule has 0 N–H and O–H groups in total. The van der Waals surface area contributed by atoms with E-state index in [4.69, 9.17) is 4.74 Å². The summed E-state index contributed by atoms with van der Waals surface area (Å²) in [7, 11) is -3.69. The van der Waals surface area contributed by atoms with Gasteiger partial charge in [-0.1, -0.05) is 12.1 Å². The number of sulfonamides is 1. The molecule has 0 spiro atoms. The van der Waals surface area contributed by atoms with E-state index in [1.54, 1.807) is 12.1 Å². The minimum atomic E-state index is -3.69. The molecule has 1 heterocycles. The van der Waals surface area contributed by atoms with Gasteiger partial charge in [-0.3, -0.25) is 9.10 Å². The minimum absolute atomic E-state index is 0.153. The maximum atomic E-state index is 13.0. The number of carbonyl (C=O) groups is 1. The summed E-state index contributed by atoms with van der Waals surface area (Å²) in [5.74, 6) is -0.399. The summed E-state index contributed by atoms with van der Waals surface area (Å²) in [4.78, 5) is 11.6. The molecule has 7 heteroatoms. The molecule has 0 saturated carbocycles. The van der Waals surface area contributed by atoms with E-state index in [1.165, 1.54) is 41.6 Å². The molecule has 0 amide bonds. The third-order valence-corrected chi connectivity index (χ3v) is 5.53. The van der Waals surface area contributed by atoms with E-state index in [9.17, 15) is 17.6 Å². The number of anilines is 1. The van der Waals surface area contributed by atoms with Crippen molar-refractivity contribution in [3.05, 3.63) is 59.4 Å². The number of nitrogens with zero attached hydrogens (tertiary/aromatic N) is 1. The molecular weight excluding hydrogens is 333 g/mol. The predicted molar refractivity (Wildman–Crippen MR) is 88.3 cm³/mol. The largest absolute Gasteiger partial charge is 0.489 e. The fraction of sp³-hybridized carbons (Fsp3) is 0.235. The Bertz CT molecular complexity index is 878. The van der Waals surface area contributed by atoms with Crippen molar-refractivity contribution in [3.8, 4) is 5.75 Å². The Morgan fingerprint density at radius 3 is 2.58 bits per heavy atom. The van der Waals surface area contributed by atoms with Crippen LogP contribution in [0.2, 0.25) is 0 Å². The van der Waals surface area contributed by atoms with E-state index in [2.05, 4.69) is 0 Å². The SMILES string of the molecule is CC(=O)c1ccc2c(c1)N(S(=O)(=O)Cc1ccc(F)cc1)CCO2. The van der Waals surface area contributed by atoms with Crippen molar-refractivity contribution in [2.24, 2.45) is 0 Å². The molecular formula is C17H16FNO4S. The maximum Gasteiger partial charge on any atom is 0.239 e. The Hall–Kier alpha value is -2.41. The third-order valence-electron chi connectivity index (χ3n) is 3.78. The average molecular weight is 349 g/mol. The summed E-state index contributed by atoms with van der Waals surface area (Å²) in [5.41, 5.74) is 1.27. The second kappa shape index (κ2) is 6.24. The van der Waals surface area contributed by atoms with E-state index in [0.717, 1.165) is 0 Å². The van der Waals surface area contributed by atoms with Gasteiger partial charge in [0.25, 0.3) is 0 Å². The van der Waals surface area contributed by atoms with Gasteiger partial charge in [0.05, 0.1) is 18.0 Å². The summed E-state index contributed by atoms with van der Waals surface area (Å²) < 4.78 is 45.3. The van der Waals surface area contributed by atoms with Crippen molar-refractivity contribution in [2.75, 3.05) is 17.5 Å². The first-order valence-electron chi connectivity index (χ1n) is 7.39. The van der Waals surface area contributed by atoms with Gasteiger partial charge < -0.3 is 4.74 Å². The molecule has 24 heavy (non-hydrogen) atoms. The van der Waals surface area contributed by atoms with E-state index >= 15 is 0 Å². The fourth-order valence-corrected chi connectivity index (χ4v) is 4.13. The van der Waals surface area contributed by atoms with Gasteiger partial charge in [0.2, 0.25) is 10.0 Å². The number of benzene rings is 2. The molecule has 126 valence electrons. The van der Waals surface area contributed by atoms with Crippen molar-refractivity contribution >= 4 is 21.5 Å². The number of rotatable bonds is 4. The molecule has 1 aliphatic rings. The first kappa shape index (κ1) is 16.4. The topological polar surface area (TPSA) is 63.7 Å². The summed E-state index contributed by atoms with van der Waals surface area (Å²) in [5, 5.41) is 0. The molecule has 1 aliphatic heterocycles. The molecule has 0 aliphatic carbocycles. The summed E-state index contributed by atoms with van der Waals surface area (Å²) >= 11 is 0. The lowest BCUT2D eigenvalue weighted by Crippen LogP contribution is -2.38. The van der Waals surface area contributed by atoms with E-state index < -0.39 is 15.8 Å². The second-order valence-electron chi connectivity index (χ2n) is 5.54. The normalized spacial score (nSPS) is 14.0. The maximum absolute atomic E-state index is 13.0. The zero-order valence-electron chi connectivity index (χ0n) is 13.0. The first-order chi connectivity index (χ1) is 11.4. The Morgan fingerprint density at radius 1 is 1.21 bits per heavy atom. The second-order valence-corrected chi connectivity index (χ2v) is 7.44. The number of ketones is 1.